The van der Waals surface area contributed by atoms with E-state index in [1.165, 1.54) is 31.7 Å². The number of hydrogen-bond donors (Lipinski definition) is 3. The Morgan fingerprint density at radius 2 is 1.88 bits per heavy atom. The number of nitrogens with zero attached hydrogens (tertiary/aromatic N) is 3. The first-order valence-electron chi connectivity index (χ1n) is 11.1. The van der Waals surface area contributed by atoms with Crippen molar-refractivity contribution in [1.29, 1.82) is 0 Å². The highest BCUT2D eigenvalue weighted by molar-refractivity contribution is 6.22. The molecule has 2 amide bonds. The molecule has 1 saturated heterocycles. The van der Waals surface area contributed by atoms with Gasteiger partial charge < -0.3 is 20.6 Å². The van der Waals surface area contributed by atoms with Gasteiger partial charge in [0.05, 0.1) is 11.3 Å². The maximum absolute atomic E-state index is 12.6. The number of aliphatic carboxylic acids is 1. The van der Waals surface area contributed by atoms with Crippen LogP contribution < -0.4 is 15.5 Å². The van der Waals surface area contributed by atoms with E-state index in [2.05, 4.69) is 25.5 Å². The number of pyridine rings is 1. The summed E-state index contributed by atoms with van der Waals surface area (Å²) in [6.07, 6.45) is 6.06. The molecule has 0 saturated carbocycles. The van der Waals surface area contributed by atoms with Gasteiger partial charge in [0.15, 0.2) is 11.7 Å². The monoisotopic (exact) mass is 463 g/mol. The van der Waals surface area contributed by atoms with E-state index in [1.807, 2.05) is 6.07 Å². The van der Waals surface area contributed by atoms with Crippen molar-refractivity contribution in [3.8, 4) is 0 Å². The van der Waals surface area contributed by atoms with Crippen LogP contribution in [0.15, 0.2) is 41.5 Å². The second-order valence-corrected chi connectivity index (χ2v) is 8.33. The molecule has 4 rings (SSSR count). The molecule has 0 spiro atoms. The van der Waals surface area contributed by atoms with Crippen LogP contribution in [0.4, 0.5) is 17.2 Å². The summed E-state index contributed by atoms with van der Waals surface area (Å²) in [6, 6.07) is 7.09. The average molecular weight is 463 g/mol. The Labute approximate surface area is 196 Å². The van der Waals surface area contributed by atoms with Gasteiger partial charge in [-0.3, -0.25) is 24.2 Å². The molecule has 2 aromatic rings. The van der Waals surface area contributed by atoms with Gasteiger partial charge in [-0.05, 0) is 56.5 Å². The number of benzene rings is 1. The molecule has 1 fully saturated rings. The number of carbonyl (C=O) groups excluding carboxylic acids is 3. The minimum atomic E-state index is -1.36. The highest BCUT2D eigenvalue weighted by Crippen LogP contribution is 2.29. The number of nitrogens with one attached hydrogen (secondary N) is 2. The minimum Gasteiger partial charge on any atom is -0.480 e. The van der Waals surface area contributed by atoms with Crippen molar-refractivity contribution in [2.75, 3.05) is 23.3 Å². The highest BCUT2D eigenvalue weighted by Gasteiger charge is 2.31. The van der Waals surface area contributed by atoms with Gasteiger partial charge in [-0.1, -0.05) is 0 Å². The smallest absolute Gasteiger partial charge is 0.319 e. The number of amides is 2. The van der Waals surface area contributed by atoms with Crippen molar-refractivity contribution >= 4 is 47.0 Å². The van der Waals surface area contributed by atoms with E-state index in [0.29, 0.717) is 16.9 Å². The van der Waals surface area contributed by atoms with E-state index < -0.39 is 35.5 Å². The number of carboxylic acids is 1. The Kier molecular flexibility index (Phi) is 6.67. The maximum Gasteiger partial charge on any atom is 0.319 e. The molecule has 2 atom stereocenters. The Morgan fingerprint density at radius 3 is 2.56 bits per heavy atom. The molecular weight excluding hydrogens is 438 g/mol. The molecule has 0 bridgehead atoms. The first-order chi connectivity index (χ1) is 16.3. The molecule has 34 heavy (non-hydrogen) atoms. The van der Waals surface area contributed by atoms with E-state index in [9.17, 15) is 19.2 Å². The summed E-state index contributed by atoms with van der Waals surface area (Å²) in [6.45, 7) is 3.44. The van der Waals surface area contributed by atoms with Crippen LogP contribution in [0.5, 0.6) is 0 Å². The van der Waals surface area contributed by atoms with Crippen LogP contribution in [0.2, 0.25) is 0 Å². The SMILES string of the molecule is C[C@H](NC(=O)c1ccc(N2CCCCC2)nc1)C(=O)Nc1ccc2c(c1)C(=O)C(C(=O)O)C=N2. The van der Waals surface area contributed by atoms with Crippen LogP contribution >= 0.6 is 0 Å². The molecule has 2 aliphatic rings. The number of carbonyl (C=O) groups is 4. The standard InChI is InChI=1S/C24H25N5O5/c1-14(27-23(32)15-5-8-20(26-12-15)29-9-3-2-4-10-29)22(31)28-16-6-7-19-17(11-16)21(30)18(13-25-19)24(33)34/h5-8,11-14,18H,2-4,9-10H2,1H3,(H,27,32)(H,28,31)(H,33,34)/t14-,18?/m0/s1. The maximum atomic E-state index is 12.6. The van der Waals surface area contributed by atoms with E-state index in [-0.39, 0.29) is 5.56 Å². The average Bonchev–Trinajstić information content (AvgIpc) is 2.85. The number of aromatic nitrogens is 1. The number of aliphatic imine (C=N–C) groups is 1. The summed E-state index contributed by atoms with van der Waals surface area (Å²) in [5.41, 5.74) is 1.09. The minimum absolute atomic E-state index is 0.115. The predicted octanol–water partition coefficient (Wildman–Crippen LogP) is 2.43. The number of carboxylic acid groups (broad SMARTS) is 1. The van der Waals surface area contributed by atoms with Gasteiger partial charge in [-0.15, -0.1) is 0 Å². The Hall–Kier alpha value is -4.08. The van der Waals surface area contributed by atoms with Crippen molar-refractivity contribution in [2.24, 2.45) is 10.9 Å². The van der Waals surface area contributed by atoms with Crippen LogP contribution in [0, 0.1) is 5.92 Å². The summed E-state index contributed by atoms with van der Waals surface area (Å²) >= 11 is 0. The van der Waals surface area contributed by atoms with Crippen LogP contribution in [0.1, 0.15) is 46.9 Å². The summed E-state index contributed by atoms with van der Waals surface area (Å²) in [7, 11) is 0. The number of hydrogen-bond acceptors (Lipinski definition) is 7. The second-order valence-electron chi connectivity index (χ2n) is 8.33. The van der Waals surface area contributed by atoms with Gasteiger partial charge in [0.2, 0.25) is 5.91 Å². The molecule has 1 aromatic carbocycles. The Balaban J connectivity index is 1.37. The Bertz CT molecular complexity index is 1150. The number of fused-ring (bicyclic) bond motifs is 1. The first-order valence-corrected chi connectivity index (χ1v) is 11.1. The van der Waals surface area contributed by atoms with Crippen LogP contribution in [0.25, 0.3) is 0 Å². The van der Waals surface area contributed by atoms with Gasteiger partial charge in [0, 0.05) is 36.8 Å². The lowest BCUT2D eigenvalue weighted by molar-refractivity contribution is -0.137. The van der Waals surface area contributed by atoms with Gasteiger partial charge in [-0.2, -0.15) is 0 Å². The number of anilines is 2. The normalized spacial score (nSPS) is 18.1. The largest absolute Gasteiger partial charge is 0.480 e. The lowest BCUT2D eigenvalue weighted by Crippen LogP contribution is -2.41. The third-order valence-electron chi connectivity index (χ3n) is 5.87. The van der Waals surface area contributed by atoms with E-state index in [0.717, 1.165) is 38.0 Å². The third kappa shape index (κ3) is 4.95. The summed E-state index contributed by atoms with van der Waals surface area (Å²) in [4.78, 5) is 59.4. The lowest BCUT2D eigenvalue weighted by atomic mass is 9.94. The summed E-state index contributed by atoms with van der Waals surface area (Å²) in [5.74, 6) is -3.34. The quantitative estimate of drug-likeness (QED) is 0.559. The van der Waals surface area contributed by atoms with Crippen molar-refractivity contribution in [3.05, 3.63) is 47.7 Å². The van der Waals surface area contributed by atoms with Gasteiger partial charge in [-0.25, -0.2) is 4.98 Å². The van der Waals surface area contributed by atoms with Crippen molar-refractivity contribution in [1.82, 2.24) is 10.3 Å². The van der Waals surface area contributed by atoms with Crippen LogP contribution in [-0.2, 0) is 9.59 Å². The molecule has 0 aliphatic carbocycles. The molecule has 1 aromatic heterocycles. The molecule has 0 radical (unpaired) electrons. The number of Topliss-reactive ketones (excluding diaryl/α,β-unsaturated/α-hetero) is 1. The topological polar surface area (TPSA) is 141 Å². The second kappa shape index (κ2) is 9.82. The fourth-order valence-corrected chi connectivity index (χ4v) is 3.92. The van der Waals surface area contributed by atoms with E-state index in [4.69, 9.17) is 5.11 Å². The van der Waals surface area contributed by atoms with Crippen molar-refractivity contribution in [2.45, 2.75) is 32.2 Å². The number of rotatable bonds is 6. The van der Waals surface area contributed by atoms with E-state index >= 15 is 0 Å². The van der Waals surface area contributed by atoms with Gasteiger partial charge in [0.25, 0.3) is 5.91 Å². The predicted molar refractivity (Wildman–Crippen MR) is 126 cm³/mol. The molecule has 1 unspecified atom stereocenters. The zero-order chi connectivity index (χ0) is 24.2. The molecule has 3 heterocycles. The molecule has 10 nitrogen and oxygen atoms in total. The van der Waals surface area contributed by atoms with Crippen LogP contribution in [-0.4, -0.2) is 59.0 Å². The molecule has 3 N–H and O–H groups in total. The van der Waals surface area contributed by atoms with Crippen molar-refractivity contribution < 1.29 is 24.3 Å². The van der Waals surface area contributed by atoms with Crippen LogP contribution in [0.3, 0.4) is 0 Å². The fraction of sp³-hybridized carbons (Fsp3) is 0.333. The third-order valence-corrected chi connectivity index (χ3v) is 5.87. The molecule has 2 aliphatic heterocycles. The van der Waals surface area contributed by atoms with Gasteiger partial charge >= 0.3 is 5.97 Å². The molecule has 176 valence electrons. The molecular formula is C24H25N5O5. The zero-order valence-electron chi connectivity index (χ0n) is 18.7. The summed E-state index contributed by atoms with van der Waals surface area (Å²) in [5, 5.41) is 14.4. The van der Waals surface area contributed by atoms with Crippen molar-refractivity contribution in [3.63, 3.8) is 0 Å². The lowest BCUT2D eigenvalue weighted by Gasteiger charge is -2.27. The zero-order valence-corrected chi connectivity index (χ0v) is 18.7. The van der Waals surface area contributed by atoms with E-state index in [1.54, 1.807) is 12.1 Å². The highest BCUT2D eigenvalue weighted by atomic mass is 16.4. The fourth-order valence-electron chi connectivity index (χ4n) is 3.92. The molecule has 10 heteroatoms. The Morgan fingerprint density at radius 1 is 1.12 bits per heavy atom. The number of piperidine rings is 1. The first kappa shape index (κ1) is 23.1. The van der Waals surface area contributed by atoms with Gasteiger partial charge in [0.1, 0.15) is 11.9 Å². The number of ketones is 1. The summed E-state index contributed by atoms with van der Waals surface area (Å²) < 4.78 is 0.